The van der Waals surface area contributed by atoms with E-state index in [-0.39, 0.29) is 5.91 Å². The lowest BCUT2D eigenvalue weighted by atomic mass is 10.1. The van der Waals surface area contributed by atoms with E-state index in [1.807, 2.05) is 43.3 Å². The number of anilines is 1. The van der Waals surface area contributed by atoms with Gasteiger partial charge in [-0.1, -0.05) is 23.4 Å². The van der Waals surface area contributed by atoms with Gasteiger partial charge in [-0.25, -0.2) is 0 Å². The van der Waals surface area contributed by atoms with Gasteiger partial charge in [-0.05, 0) is 55.0 Å². The summed E-state index contributed by atoms with van der Waals surface area (Å²) in [7, 11) is 0. The van der Waals surface area contributed by atoms with Crippen LogP contribution in [0.4, 0.5) is 5.69 Å². The first-order valence-corrected chi connectivity index (χ1v) is 9.44. The van der Waals surface area contributed by atoms with Crippen molar-refractivity contribution < 1.29 is 14.1 Å². The molecule has 0 saturated carbocycles. The molecular formula is C23H20N4O3. The summed E-state index contributed by atoms with van der Waals surface area (Å²) in [5, 5.41) is 6.87. The number of nitrogens with one attached hydrogen (secondary N) is 1. The van der Waals surface area contributed by atoms with Crippen molar-refractivity contribution in [3.63, 3.8) is 0 Å². The molecule has 7 nitrogen and oxygen atoms in total. The lowest BCUT2D eigenvalue weighted by molar-refractivity contribution is 0.102. The number of aryl methyl sites for hydroxylation is 2. The third-order valence-corrected chi connectivity index (χ3v) is 4.50. The molecule has 0 atom stereocenters. The monoisotopic (exact) mass is 400 g/mol. The highest BCUT2D eigenvalue weighted by molar-refractivity contribution is 6.05. The van der Waals surface area contributed by atoms with Crippen molar-refractivity contribution in [1.29, 1.82) is 0 Å². The van der Waals surface area contributed by atoms with Gasteiger partial charge in [-0.15, -0.1) is 0 Å². The van der Waals surface area contributed by atoms with Crippen LogP contribution in [0.3, 0.4) is 0 Å². The zero-order valence-electron chi connectivity index (χ0n) is 16.6. The molecule has 2 heterocycles. The summed E-state index contributed by atoms with van der Waals surface area (Å²) in [5.41, 5.74) is 3.76. The van der Waals surface area contributed by atoms with Gasteiger partial charge in [0, 0.05) is 29.9 Å². The topological polar surface area (TPSA) is 90.1 Å². The van der Waals surface area contributed by atoms with Crippen molar-refractivity contribution in [2.75, 3.05) is 5.32 Å². The molecule has 0 aliphatic carbocycles. The maximum Gasteiger partial charge on any atom is 0.255 e. The second-order valence-electron chi connectivity index (χ2n) is 6.75. The molecule has 2 aromatic carbocycles. The summed E-state index contributed by atoms with van der Waals surface area (Å²) in [6.07, 6.45) is 1.73. The number of nitrogens with zero attached hydrogens (tertiary/aromatic N) is 3. The van der Waals surface area contributed by atoms with Gasteiger partial charge < -0.3 is 14.6 Å². The number of carbonyl (C=O) groups excluding carboxylic acids is 1. The smallest absolute Gasteiger partial charge is 0.255 e. The number of hydrogen-bond donors (Lipinski definition) is 1. The molecular weight excluding hydrogens is 380 g/mol. The minimum Gasteiger partial charge on any atom is -0.487 e. The number of ether oxygens (including phenoxy) is 1. The molecule has 0 unspecified atom stereocenters. The van der Waals surface area contributed by atoms with E-state index in [2.05, 4.69) is 20.4 Å². The first-order chi connectivity index (χ1) is 14.6. The number of rotatable bonds is 6. The molecule has 4 rings (SSSR count). The second kappa shape index (κ2) is 8.57. The average molecular weight is 400 g/mol. The molecule has 0 aliphatic rings. The Labute approximate surface area is 173 Å². The molecule has 0 saturated heterocycles. The van der Waals surface area contributed by atoms with Gasteiger partial charge in [0.1, 0.15) is 12.4 Å². The first-order valence-electron chi connectivity index (χ1n) is 9.44. The molecule has 2 aromatic heterocycles. The van der Waals surface area contributed by atoms with Crippen LogP contribution in [0.25, 0.3) is 11.4 Å². The minimum atomic E-state index is -0.212. The zero-order chi connectivity index (χ0) is 20.9. The van der Waals surface area contributed by atoms with Crippen molar-refractivity contribution >= 4 is 11.6 Å². The van der Waals surface area contributed by atoms with E-state index in [4.69, 9.17) is 9.26 Å². The number of benzene rings is 2. The highest BCUT2D eigenvalue weighted by atomic mass is 16.5. The van der Waals surface area contributed by atoms with Crippen molar-refractivity contribution in [1.82, 2.24) is 15.1 Å². The number of amides is 1. The van der Waals surface area contributed by atoms with Gasteiger partial charge in [0.2, 0.25) is 11.7 Å². The number of hydrogen-bond acceptors (Lipinski definition) is 6. The van der Waals surface area contributed by atoms with Crippen LogP contribution in [0.5, 0.6) is 5.75 Å². The number of aromatic nitrogens is 3. The normalized spacial score (nSPS) is 10.6. The van der Waals surface area contributed by atoms with E-state index < -0.39 is 0 Å². The fourth-order valence-corrected chi connectivity index (χ4v) is 2.85. The van der Waals surface area contributed by atoms with Gasteiger partial charge in [0.05, 0.1) is 5.69 Å². The standard InChI is InChI=1S/C23H20N4O3/c1-15-6-7-18(22-25-16(2)30-27-22)13-21(15)26-23(28)17-8-10-20(11-9-17)29-14-19-5-3-4-12-24-19/h3-13H,14H2,1-2H3,(H,26,28). The van der Waals surface area contributed by atoms with Crippen molar-refractivity contribution in [2.24, 2.45) is 0 Å². The van der Waals surface area contributed by atoms with E-state index in [9.17, 15) is 4.79 Å². The Morgan fingerprint density at radius 2 is 1.90 bits per heavy atom. The molecule has 0 spiro atoms. The number of pyridine rings is 1. The summed E-state index contributed by atoms with van der Waals surface area (Å²) >= 11 is 0. The lowest BCUT2D eigenvalue weighted by Crippen LogP contribution is -2.12. The van der Waals surface area contributed by atoms with Gasteiger partial charge in [-0.3, -0.25) is 9.78 Å². The minimum absolute atomic E-state index is 0.212. The van der Waals surface area contributed by atoms with Crippen LogP contribution in [0, 0.1) is 13.8 Å². The SMILES string of the molecule is Cc1nc(-c2ccc(C)c(NC(=O)c3ccc(OCc4ccccn4)cc3)c2)no1. The van der Waals surface area contributed by atoms with E-state index in [0.717, 1.165) is 16.8 Å². The van der Waals surface area contributed by atoms with Crippen LogP contribution in [0.15, 0.2) is 71.4 Å². The third-order valence-electron chi connectivity index (χ3n) is 4.50. The zero-order valence-corrected chi connectivity index (χ0v) is 16.6. The van der Waals surface area contributed by atoms with E-state index in [0.29, 0.717) is 35.3 Å². The van der Waals surface area contributed by atoms with E-state index >= 15 is 0 Å². The van der Waals surface area contributed by atoms with Crippen molar-refractivity contribution in [2.45, 2.75) is 20.5 Å². The first kappa shape index (κ1) is 19.3. The quantitative estimate of drug-likeness (QED) is 0.509. The largest absolute Gasteiger partial charge is 0.487 e. The van der Waals surface area contributed by atoms with Crippen LogP contribution in [-0.4, -0.2) is 21.0 Å². The maximum absolute atomic E-state index is 12.7. The summed E-state index contributed by atoms with van der Waals surface area (Å²) in [4.78, 5) is 21.1. The molecule has 0 radical (unpaired) electrons. The Morgan fingerprint density at radius 1 is 1.07 bits per heavy atom. The highest BCUT2D eigenvalue weighted by Crippen LogP contribution is 2.24. The Bertz CT molecular complexity index is 1150. The Kier molecular flexibility index (Phi) is 5.52. The second-order valence-corrected chi connectivity index (χ2v) is 6.75. The van der Waals surface area contributed by atoms with Crippen LogP contribution in [-0.2, 0) is 6.61 Å². The van der Waals surface area contributed by atoms with Crippen LogP contribution < -0.4 is 10.1 Å². The predicted octanol–water partition coefficient (Wildman–Crippen LogP) is 4.58. The van der Waals surface area contributed by atoms with Crippen molar-refractivity contribution in [3.8, 4) is 17.1 Å². The molecule has 150 valence electrons. The molecule has 1 N–H and O–H groups in total. The molecule has 0 aliphatic heterocycles. The molecule has 1 amide bonds. The molecule has 0 bridgehead atoms. The Hall–Kier alpha value is -4.00. The predicted molar refractivity (Wildman–Crippen MR) is 112 cm³/mol. The lowest BCUT2D eigenvalue weighted by Gasteiger charge is -2.10. The van der Waals surface area contributed by atoms with Gasteiger partial charge in [0.15, 0.2) is 0 Å². The highest BCUT2D eigenvalue weighted by Gasteiger charge is 2.12. The van der Waals surface area contributed by atoms with Gasteiger partial charge in [0.25, 0.3) is 5.91 Å². The molecule has 30 heavy (non-hydrogen) atoms. The van der Waals surface area contributed by atoms with Gasteiger partial charge in [-0.2, -0.15) is 4.98 Å². The van der Waals surface area contributed by atoms with Gasteiger partial charge >= 0.3 is 0 Å². The summed E-state index contributed by atoms with van der Waals surface area (Å²) < 4.78 is 10.7. The fourth-order valence-electron chi connectivity index (χ4n) is 2.85. The average Bonchev–Trinajstić information content (AvgIpc) is 3.21. The maximum atomic E-state index is 12.7. The molecule has 4 aromatic rings. The van der Waals surface area contributed by atoms with E-state index in [1.165, 1.54) is 0 Å². The Balaban J connectivity index is 1.43. The van der Waals surface area contributed by atoms with Crippen molar-refractivity contribution in [3.05, 3.63) is 89.6 Å². The molecule has 0 fully saturated rings. The Morgan fingerprint density at radius 3 is 2.60 bits per heavy atom. The summed E-state index contributed by atoms with van der Waals surface area (Å²) in [6, 6.07) is 18.3. The summed E-state index contributed by atoms with van der Waals surface area (Å²) in [5.74, 6) is 1.43. The number of carbonyl (C=O) groups is 1. The van der Waals surface area contributed by atoms with E-state index in [1.54, 1.807) is 37.4 Å². The summed E-state index contributed by atoms with van der Waals surface area (Å²) in [6.45, 7) is 4.03. The molecule has 7 heteroatoms. The fraction of sp³-hybridized carbons (Fsp3) is 0.130. The van der Waals surface area contributed by atoms with Crippen LogP contribution in [0.1, 0.15) is 27.5 Å². The third kappa shape index (κ3) is 4.52. The van der Waals surface area contributed by atoms with Crippen LogP contribution in [0.2, 0.25) is 0 Å². The van der Waals surface area contributed by atoms with Crippen LogP contribution >= 0.6 is 0 Å².